The van der Waals surface area contributed by atoms with Gasteiger partial charge in [-0.1, -0.05) is 25.1 Å². The number of hydrogen-bond donors (Lipinski definition) is 1. The van der Waals surface area contributed by atoms with Crippen molar-refractivity contribution in [3.05, 3.63) is 34.9 Å². The topological polar surface area (TPSA) is 66.5 Å². The molecule has 1 heterocycles. The van der Waals surface area contributed by atoms with E-state index in [0.29, 0.717) is 6.54 Å². The van der Waals surface area contributed by atoms with Crippen LogP contribution in [0.4, 0.5) is 0 Å². The number of benzene rings is 1. The summed E-state index contributed by atoms with van der Waals surface area (Å²) in [6.45, 7) is 6.98. The highest BCUT2D eigenvalue weighted by molar-refractivity contribution is 7.88. The molecule has 5 nitrogen and oxygen atoms in total. The third-order valence-corrected chi connectivity index (χ3v) is 6.15. The molecule has 1 aliphatic heterocycles. The summed E-state index contributed by atoms with van der Waals surface area (Å²) >= 11 is 0. The third kappa shape index (κ3) is 4.57. The number of amides is 1. The molecule has 1 N–H and O–H groups in total. The predicted molar refractivity (Wildman–Crippen MR) is 96.2 cm³/mol. The standard InChI is InChI=1S/C18H28N2O3S/c1-5-17(15-9-8-13(2)14(3)11-15)19-18(21)16-7-6-10-20(12-16)24(4,22)23/h8-9,11,16-17H,5-7,10,12H2,1-4H3,(H,19,21)/t16-,17-/m0/s1. The Kier molecular flexibility index (Phi) is 6.04. The first-order valence-electron chi connectivity index (χ1n) is 8.55. The van der Waals surface area contributed by atoms with Crippen LogP contribution in [0, 0.1) is 19.8 Å². The Morgan fingerprint density at radius 1 is 1.33 bits per heavy atom. The van der Waals surface area contributed by atoms with Crippen LogP contribution in [-0.2, 0) is 14.8 Å². The van der Waals surface area contributed by atoms with Gasteiger partial charge in [-0.25, -0.2) is 12.7 Å². The first-order valence-corrected chi connectivity index (χ1v) is 10.4. The van der Waals surface area contributed by atoms with E-state index in [0.717, 1.165) is 24.8 Å². The van der Waals surface area contributed by atoms with Crippen LogP contribution in [0.5, 0.6) is 0 Å². The van der Waals surface area contributed by atoms with Gasteiger partial charge in [-0.15, -0.1) is 0 Å². The van der Waals surface area contributed by atoms with E-state index in [1.54, 1.807) is 0 Å². The Morgan fingerprint density at radius 3 is 2.62 bits per heavy atom. The van der Waals surface area contributed by atoms with Gasteiger partial charge in [0, 0.05) is 13.1 Å². The molecule has 1 aliphatic rings. The molecule has 0 bridgehead atoms. The Hall–Kier alpha value is -1.40. The summed E-state index contributed by atoms with van der Waals surface area (Å²) in [5.74, 6) is -0.317. The zero-order chi connectivity index (χ0) is 17.9. The van der Waals surface area contributed by atoms with Gasteiger partial charge in [0.05, 0.1) is 18.2 Å². The molecule has 0 unspecified atom stereocenters. The fourth-order valence-electron chi connectivity index (χ4n) is 3.15. The lowest BCUT2D eigenvalue weighted by molar-refractivity contribution is -0.126. The van der Waals surface area contributed by atoms with Crippen molar-refractivity contribution in [1.29, 1.82) is 0 Å². The van der Waals surface area contributed by atoms with Gasteiger partial charge < -0.3 is 5.32 Å². The van der Waals surface area contributed by atoms with Crippen molar-refractivity contribution in [2.24, 2.45) is 5.92 Å². The highest BCUT2D eigenvalue weighted by Gasteiger charge is 2.31. The van der Waals surface area contributed by atoms with Crippen LogP contribution in [0.3, 0.4) is 0 Å². The maximum absolute atomic E-state index is 12.6. The fourth-order valence-corrected chi connectivity index (χ4v) is 4.06. The second-order valence-corrected chi connectivity index (χ2v) is 8.76. The Morgan fingerprint density at radius 2 is 2.04 bits per heavy atom. The molecule has 0 saturated carbocycles. The minimum absolute atomic E-state index is 0.0367. The summed E-state index contributed by atoms with van der Waals surface area (Å²) < 4.78 is 24.9. The molecular formula is C18H28N2O3S. The number of piperidine rings is 1. The Bertz CT molecular complexity index is 700. The molecule has 1 saturated heterocycles. The van der Waals surface area contributed by atoms with E-state index in [2.05, 4.69) is 37.4 Å². The largest absolute Gasteiger partial charge is 0.349 e. The quantitative estimate of drug-likeness (QED) is 0.885. The van der Waals surface area contributed by atoms with Gasteiger partial charge in [-0.05, 0) is 49.8 Å². The normalized spacial score (nSPS) is 20.6. The van der Waals surface area contributed by atoms with Gasteiger partial charge in [0.25, 0.3) is 0 Å². The van der Waals surface area contributed by atoms with Gasteiger partial charge in [0.15, 0.2) is 0 Å². The summed E-state index contributed by atoms with van der Waals surface area (Å²) in [6, 6.07) is 6.21. The summed E-state index contributed by atoms with van der Waals surface area (Å²) in [5, 5.41) is 3.11. The zero-order valence-electron chi connectivity index (χ0n) is 15.0. The van der Waals surface area contributed by atoms with Crippen LogP contribution >= 0.6 is 0 Å². The Labute approximate surface area is 145 Å². The maximum Gasteiger partial charge on any atom is 0.224 e. The van der Waals surface area contributed by atoms with Crippen molar-refractivity contribution in [3.8, 4) is 0 Å². The number of sulfonamides is 1. The van der Waals surface area contributed by atoms with Crippen LogP contribution in [-0.4, -0.2) is 38.0 Å². The minimum atomic E-state index is -3.24. The van der Waals surface area contributed by atoms with Gasteiger partial charge in [-0.3, -0.25) is 4.79 Å². The smallest absolute Gasteiger partial charge is 0.224 e. The van der Waals surface area contributed by atoms with Crippen molar-refractivity contribution in [2.45, 2.75) is 46.1 Å². The van der Waals surface area contributed by atoms with Gasteiger partial charge in [-0.2, -0.15) is 0 Å². The molecule has 1 amide bonds. The molecule has 24 heavy (non-hydrogen) atoms. The average Bonchev–Trinajstić information content (AvgIpc) is 2.54. The molecule has 1 fully saturated rings. The molecular weight excluding hydrogens is 324 g/mol. The lowest BCUT2D eigenvalue weighted by atomic mass is 9.96. The first-order chi connectivity index (χ1) is 11.2. The van der Waals surface area contributed by atoms with Gasteiger partial charge in [0.2, 0.25) is 15.9 Å². The number of carbonyl (C=O) groups is 1. The van der Waals surface area contributed by atoms with Crippen molar-refractivity contribution < 1.29 is 13.2 Å². The molecule has 2 atom stereocenters. The summed E-state index contributed by atoms with van der Waals surface area (Å²) in [4.78, 5) is 12.6. The van der Waals surface area contributed by atoms with E-state index in [4.69, 9.17) is 0 Å². The number of rotatable bonds is 5. The molecule has 2 rings (SSSR count). The van der Waals surface area contributed by atoms with Crippen LogP contribution in [0.2, 0.25) is 0 Å². The number of nitrogens with zero attached hydrogens (tertiary/aromatic N) is 1. The van der Waals surface area contributed by atoms with Crippen LogP contribution in [0.1, 0.15) is 48.9 Å². The third-order valence-electron chi connectivity index (χ3n) is 4.88. The van der Waals surface area contributed by atoms with Crippen LogP contribution in [0.15, 0.2) is 18.2 Å². The molecule has 0 spiro atoms. The molecule has 1 aromatic rings. The monoisotopic (exact) mass is 352 g/mol. The van der Waals surface area contributed by atoms with Gasteiger partial charge >= 0.3 is 0 Å². The lowest BCUT2D eigenvalue weighted by Crippen LogP contribution is -2.45. The lowest BCUT2D eigenvalue weighted by Gasteiger charge is -2.31. The molecule has 134 valence electrons. The highest BCUT2D eigenvalue weighted by Crippen LogP contribution is 2.23. The minimum Gasteiger partial charge on any atom is -0.349 e. The van der Waals surface area contributed by atoms with Crippen molar-refractivity contribution in [1.82, 2.24) is 9.62 Å². The second kappa shape index (κ2) is 7.66. The SMILES string of the molecule is CC[C@H](NC(=O)[C@H]1CCCN(S(C)(=O)=O)C1)c1ccc(C)c(C)c1. The average molecular weight is 353 g/mol. The predicted octanol–water partition coefficient (Wildman–Crippen LogP) is 2.54. The van der Waals surface area contributed by atoms with E-state index >= 15 is 0 Å². The van der Waals surface area contributed by atoms with E-state index in [-0.39, 0.29) is 24.4 Å². The summed E-state index contributed by atoms with van der Waals surface area (Å²) in [6.07, 6.45) is 3.47. The van der Waals surface area contributed by atoms with Crippen LogP contribution < -0.4 is 5.32 Å². The number of nitrogens with one attached hydrogen (secondary N) is 1. The van der Waals surface area contributed by atoms with E-state index in [1.807, 2.05) is 6.92 Å². The first kappa shape index (κ1) is 18.9. The second-order valence-electron chi connectivity index (χ2n) is 6.77. The number of hydrogen-bond acceptors (Lipinski definition) is 3. The zero-order valence-corrected chi connectivity index (χ0v) is 15.8. The van der Waals surface area contributed by atoms with E-state index in [1.165, 1.54) is 21.7 Å². The summed E-state index contributed by atoms with van der Waals surface area (Å²) in [7, 11) is -3.24. The maximum atomic E-state index is 12.6. The number of carbonyl (C=O) groups excluding carboxylic acids is 1. The molecule has 0 aromatic heterocycles. The van der Waals surface area contributed by atoms with Crippen molar-refractivity contribution in [3.63, 3.8) is 0 Å². The summed E-state index contributed by atoms with van der Waals surface area (Å²) in [5.41, 5.74) is 3.54. The molecule has 0 aliphatic carbocycles. The molecule has 1 aromatic carbocycles. The highest BCUT2D eigenvalue weighted by atomic mass is 32.2. The number of aryl methyl sites for hydroxylation is 2. The van der Waals surface area contributed by atoms with E-state index < -0.39 is 10.0 Å². The van der Waals surface area contributed by atoms with Crippen molar-refractivity contribution >= 4 is 15.9 Å². The Balaban J connectivity index is 2.07. The van der Waals surface area contributed by atoms with E-state index in [9.17, 15) is 13.2 Å². The molecule has 0 radical (unpaired) electrons. The van der Waals surface area contributed by atoms with Crippen molar-refractivity contribution in [2.75, 3.05) is 19.3 Å². The van der Waals surface area contributed by atoms with Crippen LogP contribution in [0.25, 0.3) is 0 Å². The van der Waals surface area contributed by atoms with Gasteiger partial charge in [0.1, 0.15) is 0 Å². The molecule has 6 heteroatoms. The fraction of sp³-hybridized carbons (Fsp3) is 0.611.